The summed E-state index contributed by atoms with van der Waals surface area (Å²) in [6.07, 6.45) is 0. The van der Waals surface area contributed by atoms with Gasteiger partial charge < -0.3 is 4.42 Å². The molecule has 43 heavy (non-hydrogen) atoms. The van der Waals surface area contributed by atoms with E-state index in [1.54, 1.807) is 0 Å². The van der Waals surface area contributed by atoms with Crippen molar-refractivity contribution in [1.82, 2.24) is 15.0 Å². The van der Waals surface area contributed by atoms with E-state index < -0.39 is 0 Å². The third-order valence-electron chi connectivity index (χ3n) is 8.30. The Kier molecular flexibility index (Phi) is 5.16. The number of aromatic nitrogens is 3. The topological polar surface area (TPSA) is 51.8 Å². The Balaban J connectivity index is 1.29. The van der Waals surface area contributed by atoms with E-state index in [2.05, 4.69) is 78.9 Å². The van der Waals surface area contributed by atoms with Crippen LogP contribution in [0.3, 0.4) is 0 Å². The molecule has 2 heterocycles. The van der Waals surface area contributed by atoms with Crippen molar-refractivity contribution in [2.24, 2.45) is 0 Å². The van der Waals surface area contributed by atoms with Crippen LogP contribution in [0.4, 0.5) is 0 Å². The lowest BCUT2D eigenvalue weighted by Crippen LogP contribution is -2.00. The van der Waals surface area contributed by atoms with Gasteiger partial charge in [0.05, 0.1) is 0 Å². The second kappa shape index (κ2) is 9.33. The predicted molar refractivity (Wildman–Crippen MR) is 176 cm³/mol. The molecule has 0 unspecified atom stereocenters. The minimum Gasteiger partial charge on any atom is -0.456 e. The van der Waals surface area contributed by atoms with Crippen molar-refractivity contribution in [3.05, 3.63) is 140 Å². The molecule has 0 saturated heterocycles. The number of para-hydroxylation sites is 1. The summed E-state index contributed by atoms with van der Waals surface area (Å²) in [7, 11) is 0. The highest BCUT2D eigenvalue weighted by molar-refractivity contribution is 6.25. The Hall–Kier alpha value is -5.87. The van der Waals surface area contributed by atoms with Gasteiger partial charge >= 0.3 is 0 Å². The van der Waals surface area contributed by atoms with Crippen LogP contribution in [0.2, 0.25) is 0 Å². The van der Waals surface area contributed by atoms with Gasteiger partial charge in [-0.3, -0.25) is 0 Å². The van der Waals surface area contributed by atoms with Crippen LogP contribution >= 0.6 is 0 Å². The third-order valence-corrected chi connectivity index (χ3v) is 8.30. The van der Waals surface area contributed by atoms with E-state index in [0.29, 0.717) is 17.5 Å². The predicted octanol–water partition coefficient (Wildman–Crippen LogP) is 10.2. The molecule has 200 valence electrons. The average molecular weight is 550 g/mol. The number of nitrogens with zero attached hydrogens (tertiary/aromatic N) is 3. The van der Waals surface area contributed by atoms with Crippen molar-refractivity contribution in [3.8, 4) is 34.2 Å². The van der Waals surface area contributed by atoms with Gasteiger partial charge in [0.15, 0.2) is 17.5 Å². The molecular formula is C39H23N3O. The molecule has 0 fully saturated rings. The Labute approximate surface area is 246 Å². The molecule has 9 aromatic rings. The minimum atomic E-state index is 0.625. The third kappa shape index (κ3) is 3.81. The SMILES string of the molecule is c1ccc(-c2nc(-c3ccc4oc5ccccc5c4c3)nc(-c3ccc4c5ccccc5c5ccccc5c4c3)n2)cc1. The van der Waals surface area contributed by atoms with Crippen molar-refractivity contribution in [2.45, 2.75) is 0 Å². The van der Waals surface area contributed by atoms with E-state index in [4.69, 9.17) is 19.4 Å². The standard InChI is InChI=1S/C39H23N3O/c1-2-10-24(11-3-1)37-40-38(42-39(41-37)26-19-21-36-34(23-26)32-16-8-9-17-35(32)43-36)25-18-20-31-29-14-5-4-12-27(29)28-13-6-7-15-30(28)33(31)22-25/h1-23H. The Morgan fingerprint density at radius 2 is 0.744 bits per heavy atom. The molecule has 0 aliphatic rings. The van der Waals surface area contributed by atoms with Crippen LogP contribution in [-0.4, -0.2) is 15.0 Å². The second-order valence-electron chi connectivity index (χ2n) is 10.8. The lowest BCUT2D eigenvalue weighted by Gasteiger charge is -2.12. The highest BCUT2D eigenvalue weighted by Crippen LogP contribution is 2.37. The molecule has 0 atom stereocenters. The summed E-state index contributed by atoms with van der Waals surface area (Å²) in [6, 6.07) is 48.1. The van der Waals surface area contributed by atoms with Crippen LogP contribution in [0.25, 0.3) is 88.4 Å². The maximum atomic E-state index is 6.08. The summed E-state index contributed by atoms with van der Waals surface area (Å²) in [5.74, 6) is 1.90. The largest absolute Gasteiger partial charge is 0.456 e. The molecule has 0 bridgehead atoms. The van der Waals surface area contributed by atoms with Crippen molar-refractivity contribution in [2.75, 3.05) is 0 Å². The van der Waals surface area contributed by atoms with Crippen LogP contribution in [0.1, 0.15) is 0 Å². The van der Waals surface area contributed by atoms with Crippen molar-refractivity contribution in [1.29, 1.82) is 0 Å². The Morgan fingerprint density at radius 1 is 0.302 bits per heavy atom. The summed E-state index contributed by atoms with van der Waals surface area (Å²) >= 11 is 0. The monoisotopic (exact) mass is 549 g/mol. The summed E-state index contributed by atoms with van der Waals surface area (Å²) in [6.45, 7) is 0. The fourth-order valence-corrected chi connectivity index (χ4v) is 6.26. The number of benzene rings is 7. The second-order valence-corrected chi connectivity index (χ2v) is 10.8. The van der Waals surface area contributed by atoms with Gasteiger partial charge in [-0.05, 0) is 62.6 Å². The molecule has 0 spiro atoms. The van der Waals surface area contributed by atoms with Gasteiger partial charge in [-0.2, -0.15) is 0 Å². The lowest BCUT2D eigenvalue weighted by atomic mass is 9.93. The summed E-state index contributed by atoms with van der Waals surface area (Å²) in [5, 5.41) is 9.47. The molecule has 0 N–H and O–H groups in total. The first kappa shape index (κ1) is 23.8. The van der Waals surface area contributed by atoms with E-state index >= 15 is 0 Å². The molecule has 2 aromatic heterocycles. The fraction of sp³-hybridized carbons (Fsp3) is 0. The van der Waals surface area contributed by atoms with E-state index in [9.17, 15) is 0 Å². The van der Waals surface area contributed by atoms with Gasteiger partial charge in [-0.15, -0.1) is 0 Å². The highest BCUT2D eigenvalue weighted by atomic mass is 16.3. The van der Waals surface area contributed by atoms with Crippen LogP contribution in [0.15, 0.2) is 144 Å². The maximum absolute atomic E-state index is 6.08. The van der Waals surface area contributed by atoms with Crippen molar-refractivity contribution >= 4 is 54.3 Å². The highest BCUT2D eigenvalue weighted by Gasteiger charge is 2.16. The van der Waals surface area contributed by atoms with Gasteiger partial charge in [0.25, 0.3) is 0 Å². The first-order valence-corrected chi connectivity index (χ1v) is 14.4. The molecule has 0 radical (unpaired) electrons. The molecule has 0 amide bonds. The smallest absolute Gasteiger partial charge is 0.164 e. The Morgan fingerprint density at radius 3 is 1.40 bits per heavy atom. The van der Waals surface area contributed by atoms with E-state index in [1.165, 1.54) is 32.3 Å². The minimum absolute atomic E-state index is 0.625. The molecule has 4 nitrogen and oxygen atoms in total. The zero-order valence-electron chi connectivity index (χ0n) is 23.0. The molecule has 9 rings (SSSR count). The maximum Gasteiger partial charge on any atom is 0.164 e. The first-order chi connectivity index (χ1) is 21.3. The van der Waals surface area contributed by atoms with Gasteiger partial charge in [0, 0.05) is 27.5 Å². The average Bonchev–Trinajstić information content (AvgIpc) is 3.46. The molecule has 4 heteroatoms. The number of furan rings is 1. The number of hydrogen-bond acceptors (Lipinski definition) is 4. The Bertz CT molecular complexity index is 2480. The molecular weight excluding hydrogens is 526 g/mol. The van der Waals surface area contributed by atoms with Crippen LogP contribution in [-0.2, 0) is 0 Å². The molecule has 0 aliphatic heterocycles. The van der Waals surface area contributed by atoms with Crippen LogP contribution in [0.5, 0.6) is 0 Å². The first-order valence-electron chi connectivity index (χ1n) is 14.4. The number of fused-ring (bicyclic) bond motifs is 9. The summed E-state index contributed by atoms with van der Waals surface area (Å²) < 4.78 is 6.08. The molecule has 0 aliphatic carbocycles. The van der Waals surface area contributed by atoms with E-state index in [1.807, 2.05) is 60.7 Å². The lowest BCUT2D eigenvalue weighted by molar-refractivity contribution is 0.669. The zero-order valence-corrected chi connectivity index (χ0v) is 23.0. The van der Waals surface area contributed by atoms with Gasteiger partial charge in [0.2, 0.25) is 0 Å². The molecule has 7 aromatic carbocycles. The van der Waals surface area contributed by atoms with Gasteiger partial charge in [0.1, 0.15) is 11.2 Å². The summed E-state index contributed by atoms with van der Waals surface area (Å²) in [5.41, 5.74) is 4.52. The van der Waals surface area contributed by atoms with E-state index in [-0.39, 0.29) is 0 Å². The fourth-order valence-electron chi connectivity index (χ4n) is 6.26. The quantitative estimate of drug-likeness (QED) is 0.206. The summed E-state index contributed by atoms with van der Waals surface area (Å²) in [4.78, 5) is 15.0. The van der Waals surface area contributed by atoms with Gasteiger partial charge in [-0.25, -0.2) is 15.0 Å². The number of rotatable bonds is 3. The van der Waals surface area contributed by atoms with Crippen molar-refractivity contribution in [3.63, 3.8) is 0 Å². The molecule has 0 saturated carbocycles. The van der Waals surface area contributed by atoms with Crippen LogP contribution < -0.4 is 0 Å². The number of hydrogen-bond donors (Lipinski definition) is 0. The van der Waals surface area contributed by atoms with Crippen molar-refractivity contribution < 1.29 is 4.42 Å². The zero-order chi connectivity index (χ0) is 28.3. The van der Waals surface area contributed by atoms with Gasteiger partial charge in [-0.1, -0.05) is 109 Å². The van der Waals surface area contributed by atoms with Crippen LogP contribution in [0, 0.1) is 0 Å². The normalized spacial score (nSPS) is 11.7. The van der Waals surface area contributed by atoms with E-state index in [0.717, 1.165) is 38.6 Å².